The highest BCUT2D eigenvalue weighted by atomic mass is 16.7. The molecule has 0 amide bonds. The van der Waals surface area contributed by atoms with Crippen molar-refractivity contribution >= 4 is 24.2 Å². The monoisotopic (exact) mass is 239 g/mol. The Morgan fingerprint density at radius 2 is 1.38 bits per heavy atom. The third kappa shape index (κ3) is 14.2. The average Bonchev–Trinajstić information content (AvgIpc) is 2.00. The van der Waals surface area contributed by atoms with Crippen molar-refractivity contribution in [3.05, 3.63) is 0 Å². The Kier molecular flexibility index (Phi) is 8.03. The topological polar surface area (TPSA) is 184 Å². The van der Waals surface area contributed by atoms with E-state index in [9.17, 15) is 19.2 Å². The molecule has 92 valence electrons. The molecule has 0 aromatic rings. The minimum Gasteiger partial charge on any atom is -0.481 e. The molecule has 6 N–H and O–H groups in total. The molecule has 0 radical (unpaired) electrons. The average molecular weight is 239 g/mol. The number of ether oxygens (including phenoxy) is 1. The first kappa shape index (κ1) is 16.1. The van der Waals surface area contributed by atoms with E-state index in [0.29, 0.717) is 0 Å². The number of carboxylic acid groups (broad SMARTS) is 4. The third-order valence-corrected chi connectivity index (χ3v) is 0.886. The second kappa shape index (κ2) is 7.99. The molecule has 0 aliphatic rings. The highest BCUT2D eigenvalue weighted by Crippen LogP contribution is 1.86. The molecule has 0 heterocycles. The summed E-state index contributed by atoms with van der Waals surface area (Å²) in [5, 5.41) is 31.0. The van der Waals surface area contributed by atoms with Gasteiger partial charge < -0.3 is 30.9 Å². The molecule has 0 saturated heterocycles. The maximum atomic E-state index is 9.85. The molecule has 10 heteroatoms. The molecule has 0 aromatic carbocycles. The fourth-order valence-electron chi connectivity index (χ4n) is 0.350. The normalized spacial score (nSPS) is 10.3. The Bertz CT molecular complexity index is 274. The van der Waals surface area contributed by atoms with Gasteiger partial charge in [0.25, 0.3) is 0 Å². The lowest BCUT2D eigenvalue weighted by Gasteiger charge is -1.99. The first-order valence-corrected chi connectivity index (χ1v) is 3.50. The molecule has 0 spiro atoms. The second-order valence-corrected chi connectivity index (χ2v) is 2.18. The minimum atomic E-state index is -1.81. The Morgan fingerprint density at radius 1 is 1.00 bits per heavy atom. The van der Waals surface area contributed by atoms with Crippen LogP contribution in [0.5, 0.6) is 0 Å². The molecule has 16 heavy (non-hydrogen) atoms. The fraction of sp³-hybridized carbons (Fsp3) is 0.333. The van der Waals surface area contributed by atoms with Gasteiger partial charge >= 0.3 is 24.2 Å². The molecule has 1 unspecified atom stereocenters. The van der Waals surface area contributed by atoms with E-state index in [2.05, 4.69) is 4.74 Å². The lowest BCUT2D eigenvalue weighted by atomic mass is 10.2. The van der Waals surface area contributed by atoms with Gasteiger partial charge in [0.15, 0.2) is 0 Å². The van der Waals surface area contributed by atoms with Gasteiger partial charge in [0.1, 0.15) is 6.04 Å². The van der Waals surface area contributed by atoms with Crippen LogP contribution in [0.3, 0.4) is 0 Å². The largest absolute Gasteiger partial charge is 0.516 e. The van der Waals surface area contributed by atoms with Gasteiger partial charge in [-0.25, -0.2) is 9.59 Å². The first-order chi connectivity index (χ1) is 7.16. The molecule has 10 nitrogen and oxygen atoms in total. The SMILES string of the molecule is NC(CC(=O)O)C(=O)O.O=C(O)OC(=O)O. The van der Waals surface area contributed by atoms with Gasteiger partial charge in [-0.1, -0.05) is 0 Å². The van der Waals surface area contributed by atoms with Crippen LogP contribution in [-0.2, 0) is 14.3 Å². The minimum absolute atomic E-state index is 0.532. The van der Waals surface area contributed by atoms with Crippen LogP contribution >= 0.6 is 0 Å². The summed E-state index contributed by atoms with van der Waals surface area (Å²) in [4.78, 5) is 38.0. The molecule has 1 atom stereocenters. The molecular formula is C6H9NO9. The van der Waals surface area contributed by atoms with Gasteiger partial charge in [0.05, 0.1) is 6.42 Å². The van der Waals surface area contributed by atoms with Crippen LogP contribution in [0.15, 0.2) is 0 Å². The summed E-state index contributed by atoms with van der Waals surface area (Å²) in [6.45, 7) is 0. The standard InChI is InChI=1S/C4H7NO4.C2H2O5/c5-2(4(8)9)1-3(6)7;3-1(4)7-2(5)6/h2H,1,5H2,(H,6,7)(H,8,9);(H,3,4)(H,5,6). The summed E-state index contributed by atoms with van der Waals surface area (Å²) >= 11 is 0. The maximum absolute atomic E-state index is 9.85. The van der Waals surface area contributed by atoms with Gasteiger partial charge in [0, 0.05) is 0 Å². The zero-order valence-corrected chi connectivity index (χ0v) is 7.69. The quantitative estimate of drug-likeness (QED) is 0.309. The van der Waals surface area contributed by atoms with Gasteiger partial charge in [-0.05, 0) is 0 Å². The summed E-state index contributed by atoms with van der Waals surface area (Å²) < 4.78 is 3.08. The first-order valence-electron chi connectivity index (χ1n) is 3.50. The zero-order valence-electron chi connectivity index (χ0n) is 7.69. The Labute approximate surface area is 87.8 Å². The van der Waals surface area contributed by atoms with Crippen molar-refractivity contribution in [1.29, 1.82) is 0 Å². The van der Waals surface area contributed by atoms with E-state index in [1.807, 2.05) is 0 Å². The highest BCUT2D eigenvalue weighted by Gasteiger charge is 2.14. The van der Waals surface area contributed by atoms with Crippen LogP contribution < -0.4 is 5.73 Å². The maximum Gasteiger partial charge on any atom is 0.516 e. The lowest BCUT2D eigenvalue weighted by molar-refractivity contribution is -0.144. The van der Waals surface area contributed by atoms with Crippen LogP contribution in [0, 0.1) is 0 Å². The predicted octanol–water partition coefficient (Wildman–Crippen LogP) is -0.768. The number of hydrogen-bond acceptors (Lipinski definition) is 6. The molecular weight excluding hydrogens is 230 g/mol. The van der Waals surface area contributed by atoms with Crippen LogP contribution in [0.25, 0.3) is 0 Å². The van der Waals surface area contributed by atoms with E-state index >= 15 is 0 Å². The molecule has 0 aliphatic carbocycles. The van der Waals surface area contributed by atoms with E-state index < -0.39 is 36.7 Å². The van der Waals surface area contributed by atoms with Crippen LogP contribution in [0.1, 0.15) is 6.42 Å². The predicted molar refractivity (Wildman–Crippen MR) is 45.0 cm³/mol. The van der Waals surface area contributed by atoms with Gasteiger partial charge in [-0.2, -0.15) is 0 Å². The number of aliphatic carboxylic acids is 2. The Balaban J connectivity index is 0. The lowest BCUT2D eigenvalue weighted by Crippen LogP contribution is -2.32. The van der Waals surface area contributed by atoms with Crippen LogP contribution in [0.4, 0.5) is 9.59 Å². The molecule has 0 aliphatic heterocycles. The van der Waals surface area contributed by atoms with Gasteiger partial charge in [-0.3, -0.25) is 9.59 Å². The van der Waals surface area contributed by atoms with Crippen molar-refractivity contribution in [2.24, 2.45) is 5.73 Å². The summed E-state index contributed by atoms with van der Waals surface area (Å²) in [5.41, 5.74) is 4.84. The number of carbonyl (C=O) groups is 4. The van der Waals surface area contributed by atoms with Gasteiger partial charge in [0.2, 0.25) is 0 Å². The Hall–Kier alpha value is -2.36. The molecule has 0 saturated carbocycles. The zero-order chi connectivity index (χ0) is 13.3. The van der Waals surface area contributed by atoms with Crippen molar-refractivity contribution in [3.63, 3.8) is 0 Å². The number of carboxylic acids is 2. The Morgan fingerprint density at radius 3 is 1.44 bits per heavy atom. The van der Waals surface area contributed by atoms with Crippen LogP contribution in [0.2, 0.25) is 0 Å². The molecule has 0 fully saturated rings. The summed E-state index contributed by atoms with van der Waals surface area (Å²) in [6.07, 6.45) is -4.16. The van der Waals surface area contributed by atoms with E-state index in [0.717, 1.165) is 0 Å². The third-order valence-electron chi connectivity index (χ3n) is 0.886. The number of hydrogen-bond donors (Lipinski definition) is 5. The van der Waals surface area contributed by atoms with Crippen molar-refractivity contribution in [2.75, 3.05) is 0 Å². The fourth-order valence-corrected chi connectivity index (χ4v) is 0.350. The van der Waals surface area contributed by atoms with Crippen molar-refractivity contribution in [1.82, 2.24) is 0 Å². The van der Waals surface area contributed by atoms with Crippen LogP contribution in [-0.4, -0.2) is 50.7 Å². The number of rotatable bonds is 3. The summed E-state index contributed by atoms with van der Waals surface area (Å²) in [7, 11) is 0. The van der Waals surface area contributed by atoms with E-state index in [-0.39, 0.29) is 0 Å². The van der Waals surface area contributed by atoms with Gasteiger partial charge in [-0.15, -0.1) is 0 Å². The second-order valence-electron chi connectivity index (χ2n) is 2.18. The van der Waals surface area contributed by atoms with Crippen molar-refractivity contribution < 1.29 is 44.3 Å². The molecule has 0 bridgehead atoms. The molecule has 0 aromatic heterocycles. The highest BCUT2D eigenvalue weighted by molar-refractivity contribution is 5.80. The van der Waals surface area contributed by atoms with E-state index in [4.69, 9.17) is 26.2 Å². The van der Waals surface area contributed by atoms with E-state index in [1.165, 1.54) is 0 Å². The van der Waals surface area contributed by atoms with Crippen molar-refractivity contribution in [3.8, 4) is 0 Å². The number of nitrogens with two attached hydrogens (primary N) is 1. The smallest absolute Gasteiger partial charge is 0.481 e. The summed E-state index contributed by atoms with van der Waals surface area (Å²) in [5.74, 6) is -2.50. The summed E-state index contributed by atoms with van der Waals surface area (Å²) in [6, 6.07) is -1.29. The van der Waals surface area contributed by atoms with Crippen molar-refractivity contribution in [2.45, 2.75) is 12.5 Å². The molecule has 0 rings (SSSR count). The van der Waals surface area contributed by atoms with E-state index in [1.54, 1.807) is 0 Å².